The van der Waals surface area contributed by atoms with E-state index in [1.807, 2.05) is 18.2 Å². The van der Waals surface area contributed by atoms with Gasteiger partial charge in [0.05, 0.1) is 5.75 Å². The van der Waals surface area contributed by atoms with Crippen LogP contribution < -0.4 is 10.1 Å². The molecule has 3 nitrogen and oxygen atoms in total. The van der Waals surface area contributed by atoms with Gasteiger partial charge in [0.2, 0.25) is 5.91 Å². The highest BCUT2D eigenvalue weighted by Gasteiger charge is 2.06. The summed E-state index contributed by atoms with van der Waals surface area (Å²) in [5.74, 6) is 0.838. The van der Waals surface area contributed by atoms with Crippen molar-refractivity contribution in [2.75, 3.05) is 11.1 Å². The zero-order chi connectivity index (χ0) is 16.7. The third kappa shape index (κ3) is 6.46. The maximum absolute atomic E-state index is 12.0. The summed E-state index contributed by atoms with van der Waals surface area (Å²) < 4.78 is 28.3. The van der Waals surface area contributed by atoms with Gasteiger partial charge in [-0.15, -0.1) is 11.8 Å². The first-order valence-corrected chi connectivity index (χ1v) is 8.23. The van der Waals surface area contributed by atoms with Crippen molar-refractivity contribution < 1.29 is 18.3 Å². The van der Waals surface area contributed by atoms with E-state index < -0.39 is 6.61 Å². The third-order valence-corrected chi connectivity index (χ3v) is 3.99. The Kier molecular flexibility index (Phi) is 6.67. The molecule has 2 rings (SSSR count). The van der Waals surface area contributed by atoms with E-state index in [0.717, 1.165) is 5.56 Å². The van der Waals surface area contributed by atoms with E-state index in [-0.39, 0.29) is 17.4 Å². The second-order valence-corrected chi connectivity index (χ2v) is 6.00. The first-order valence-electron chi connectivity index (χ1n) is 6.70. The lowest BCUT2D eigenvalue weighted by molar-refractivity contribution is -0.113. The Hall–Kier alpha value is -1.79. The summed E-state index contributed by atoms with van der Waals surface area (Å²) in [6.07, 6.45) is 0. The second-order valence-electron chi connectivity index (χ2n) is 4.57. The number of anilines is 1. The Balaban J connectivity index is 1.76. The fraction of sp³-hybridized carbons (Fsp3) is 0.188. The third-order valence-electron chi connectivity index (χ3n) is 2.75. The van der Waals surface area contributed by atoms with Crippen LogP contribution in [0.3, 0.4) is 0 Å². The van der Waals surface area contributed by atoms with Crippen molar-refractivity contribution in [3.63, 3.8) is 0 Å². The summed E-state index contributed by atoms with van der Waals surface area (Å²) in [6, 6.07) is 13.2. The molecule has 0 aromatic heterocycles. The number of rotatable bonds is 7. The molecule has 0 fully saturated rings. The number of alkyl halides is 2. The van der Waals surface area contributed by atoms with Crippen LogP contribution in [0.15, 0.2) is 48.5 Å². The lowest BCUT2D eigenvalue weighted by Gasteiger charge is -2.07. The van der Waals surface area contributed by atoms with E-state index in [2.05, 4.69) is 10.1 Å². The number of carbonyl (C=O) groups excluding carboxylic acids is 1. The Bertz CT molecular complexity index is 653. The van der Waals surface area contributed by atoms with Crippen LogP contribution in [0.4, 0.5) is 14.5 Å². The second kappa shape index (κ2) is 8.74. The zero-order valence-corrected chi connectivity index (χ0v) is 13.5. The first kappa shape index (κ1) is 17.6. The smallest absolute Gasteiger partial charge is 0.387 e. The van der Waals surface area contributed by atoms with Gasteiger partial charge < -0.3 is 10.1 Å². The van der Waals surface area contributed by atoms with Crippen LogP contribution in [0.1, 0.15) is 5.56 Å². The van der Waals surface area contributed by atoms with Crippen molar-refractivity contribution in [2.24, 2.45) is 0 Å². The number of nitrogens with one attached hydrogen (secondary N) is 1. The van der Waals surface area contributed by atoms with Crippen molar-refractivity contribution in [1.82, 2.24) is 0 Å². The molecule has 0 saturated heterocycles. The molecule has 2 aromatic carbocycles. The van der Waals surface area contributed by atoms with Crippen molar-refractivity contribution in [2.45, 2.75) is 12.4 Å². The van der Waals surface area contributed by atoms with E-state index in [1.54, 1.807) is 6.07 Å². The van der Waals surface area contributed by atoms with Crippen LogP contribution in [0, 0.1) is 0 Å². The van der Waals surface area contributed by atoms with E-state index >= 15 is 0 Å². The van der Waals surface area contributed by atoms with Gasteiger partial charge in [-0.2, -0.15) is 8.78 Å². The normalized spacial score (nSPS) is 10.6. The molecule has 0 aliphatic rings. The Morgan fingerprint density at radius 3 is 2.61 bits per heavy atom. The molecule has 122 valence electrons. The van der Waals surface area contributed by atoms with Gasteiger partial charge >= 0.3 is 6.61 Å². The summed E-state index contributed by atoms with van der Waals surface area (Å²) in [6.45, 7) is -2.86. The summed E-state index contributed by atoms with van der Waals surface area (Å²) >= 11 is 7.35. The summed E-state index contributed by atoms with van der Waals surface area (Å²) in [5, 5.41) is 3.36. The number of halogens is 3. The number of carbonyl (C=O) groups is 1. The molecule has 2 aromatic rings. The van der Waals surface area contributed by atoms with Gasteiger partial charge in [0.1, 0.15) is 5.75 Å². The molecule has 0 spiro atoms. The highest BCUT2D eigenvalue weighted by molar-refractivity contribution is 7.99. The molecule has 0 aliphatic heterocycles. The van der Waals surface area contributed by atoms with Gasteiger partial charge in [-0.3, -0.25) is 4.79 Å². The van der Waals surface area contributed by atoms with Crippen molar-refractivity contribution in [1.29, 1.82) is 0 Å². The Morgan fingerprint density at radius 1 is 1.22 bits per heavy atom. The SMILES string of the molecule is O=C(CSCc1cccc(Cl)c1)Nc1ccc(OC(F)F)cc1. The minimum Gasteiger partial charge on any atom is -0.435 e. The lowest BCUT2D eigenvalue weighted by Crippen LogP contribution is -2.14. The van der Waals surface area contributed by atoms with E-state index in [0.29, 0.717) is 16.5 Å². The Morgan fingerprint density at radius 2 is 1.96 bits per heavy atom. The monoisotopic (exact) mass is 357 g/mol. The molecule has 0 atom stereocenters. The number of thioether (sulfide) groups is 1. The summed E-state index contributed by atoms with van der Waals surface area (Å²) in [5.41, 5.74) is 1.57. The summed E-state index contributed by atoms with van der Waals surface area (Å²) in [7, 11) is 0. The molecular weight excluding hydrogens is 344 g/mol. The molecule has 0 aliphatic carbocycles. The average molecular weight is 358 g/mol. The summed E-state index contributed by atoms with van der Waals surface area (Å²) in [4.78, 5) is 11.8. The predicted molar refractivity (Wildman–Crippen MR) is 89.3 cm³/mol. The van der Waals surface area contributed by atoms with Crippen LogP contribution in [-0.4, -0.2) is 18.3 Å². The molecule has 0 saturated carbocycles. The Labute approximate surface area is 142 Å². The topological polar surface area (TPSA) is 38.3 Å². The van der Waals surface area contributed by atoms with Crippen LogP contribution in [0.5, 0.6) is 5.75 Å². The number of ether oxygens (including phenoxy) is 1. The molecule has 23 heavy (non-hydrogen) atoms. The number of hydrogen-bond acceptors (Lipinski definition) is 3. The standard InChI is InChI=1S/C16H14ClF2NO2S/c17-12-3-1-2-11(8-12)9-23-10-15(21)20-13-4-6-14(7-5-13)22-16(18)19/h1-8,16H,9-10H2,(H,20,21). The molecule has 1 amide bonds. The fourth-order valence-electron chi connectivity index (χ4n) is 1.81. The minimum absolute atomic E-state index is 0.0494. The van der Waals surface area contributed by atoms with E-state index in [1.165, 1.54) is 36.0 Å². The van der Waals surface area contributed by atoms with Gasteiger partial charge in [-0.25, -0.2) is 0 Å². The molecule has 7 heteroatoms. The molecule has 0 bridgehead atoms. The molecule has 0 unspecified atom stereocenters. The maximum Gasteiger partial charge on any atom is 0.387 e. The van der Waals surface area contributed by atoms with Gasteiger partial charge in [0.25, 0.3) is 0 Å². The van der Waals surface area contributed by atoms with E-state index in [4.69, 9.17) is 11.6 Å². The van der Waals surface area contributed by atoms with Crippen LogP contribution in [-0.2, 0) is 10.5 Å². The maximum atomic E-state index is 12.0. The van der Waals surface area contributed by atoms with Gasteiger partial charge in [-0.1, -0.05) is 23.7 Å². The number of hydrogen-bond donors (Lipinski definition) is 1. The largest absolute Gasteiger partial charge is 0.435 e. The predicted octanol–water partition coefficient (Wildman–Crippen LogP) is 4.81. The minimum atomic E-state index is -2.86. The molecule has 0 radical (unpaired) electrons. The molecular formula is C16H14ClF2NO2S. The highest BCUT2D eigenvalue weighted by atomic mass is 35.5. The van der Waals surface area contributed by atoms with Gasteiger partial charge in [-0.05, 0) is 42.0 Å². The number of amides is 1. The van der Waals surface area contributed by atoms with Crippen LogP contribution >= 0.6 is 23.4 Å². The van der Waals surface area contributed by atoms with Gasteiger partial charge in [0, 0.05) is 16.5 Å². The van der Waals surface area contributed by atoms with Crippen molar-refractivity contribution in [3.8, 4) is 5.75 Å². The van der Waals surface area contributed by atoms with Crippen molar-refractivity contribution >= 4 is 35.0 Å². The molecule has 0 heterocycles. The quantitative estimate of drug-likeness (QED) is 0.772. The average Bonchev–Trinajstić information content (AvgIpc) is 2.49. The van der Waals surface area contributed by atoms with Crippen LogP contribution in [0.25, 0.3) is 0 Å². The fourth-order valence-corrected chi connectivity index (χ4v) is 2.79. The first-order chi connectivity index (χ1) is 11.0. The lowest BCUT2D eigenvalue weighted by atomic mass is 10.2. The molecule has 1 N–H and O–H groups in total. The highest BCUT2D eigenvalue weighted by Crippen LogP contribution is 2.19. The number of benzene rings is 2. The zero-order valence-electron chi connectivity index (χ0n) is 12.0. The van der Waals surface area contributed by atoms with Crippen molar-refractivity contribution in [3.05, 3.63) is 59.1 Å². The van der Waals surface area contributed by atoms with Crippen LogP contribution in [0.2, 0.25) is 5.02 Å². The van der Waals surface area contributed by atoms with Gasteiger partial charge in [0.15, 0.2) is 0 Å². The van der Waals surface area contributed by atoms with E-state index in [9.17, 15) is 13.6 Å².